The van der Waals surface area contributed by atoms with Crippen LogP contribution in [-0.2, 0) is 6.42 Å². The molecule has 0 aliphatic rings. The number of benzene rings is 2. The standard InChI is InChI=1S/C19H22ClN.C2H6/c1-3-16-4-6-17(7-5-16)12-13-21-14-15(2)18-8-10-19(20)11-9-18;1-2/h3-11,15,21H,1,12-14H2,2H3;1-2H3. The minimum Gasteiger partial charge on any atom is -0.316 e. The number of halogens is 1. The normalized spacial score (nSPS) is 11.3. The van der Waals surface area contributed by atoms with E-state index in [0.717, 1.165) is 24.5 Å². The summed E-state index contributed by atoms with van der Waals surface area (Å²) in [6, 6.07) is 16.7. The second-order valence-corrected chi connectivity index (χ2v) is 5.79. The lowest BCUT2D eigenvalue weighted by molar-refractivity contribution is 0.615. The largest absolute Gasteiger partial charge is 0.316 e. The molecule has 1 N–H and O–H groups in total. The third-order valence-corrected chi connectivity index (χ3v) is 3.95. The van der Waals surface area contributed by atoms with Gasteiger partial charge in [0.25, 0.3) is 0 Å². The lowest BCUT2D eigenvalue weighted by Crippen LogP contribution is -2.22. The summed E-state index contributed by atoms with van der Waals surface area (Å²) in [7, 11) is 0. The van der Waals surface area contributed by atoms with Crippen LogP contribution in [0.2, 0.25) is 5.02 Å². The van der Waals surface area contributed by atoms with Crippen molar-refractivity contribution >= 4 is 17.7 Å². The van der Waals surface area contributed by atoms with E-state index in [0.29, 0.717) is 5.92 Å². The van der Waals surface area contributed by atoms with Crippen molar-refractivity contribution in [1.29, 1.82) is 0 Å². The third kappa shape index (κ3) is 7.02. The first-order valence-electron chi connectivity index (χ1n) is 8.36. The summed E-state index contributed by atoms with van der Waals surface area (Å²) in [6.45, 7) is 12.0. The summed E-state index contributed by atoms with van der Waals surface area (Å²) < 4.78 is 0. The molecule has 1 nitrogen and oxygen atoms in total. The van der Waals surface area contributed by atoms with Gasteiger partial charge in [0, 0.05) is 11.6 Å². The first-order chi connectivity index (χ1) is 11.2. The molecule has 1 atom stereocenters. The Hall–Kier alpha value is -1.57. The molecule has 23 heavy (non-hydrogen) atoms. The van der Waals surface area contributed by atoms with E-state index in [1.54, 1.807) is 0 Å². The molecule has 0 saturated heterocycles. The van der Waals surface area contributed by atoms with Gasteiger partial charge in [0.1, 0.15) is 0 Å². The van der Waals surface area contributed by atoms with Crippen molar-refractivity contribution in [2.45, 2.75) is 33.1 Å². The molecule has 2 rings (SSSR count). The highest BCUT2D eigenvalue weighted by Crippen LogP contribution is 2.17. The topological polar surface area (TPSA) is 12.0 Å². The fourth-order valence-electron chi connectivity index (χ4n) is 2.28. The summed E-state index contributed by atoms with van der Waals surface area (Å²) in [6.07, 6.45) is 2.92. The van der Waals surface area contributed by atoms with Gasteiger partial charge < -0.3 is 5.32 Å². The highest BCUT2D eigenvalue weighted by Gasteiger charge is 2.04. The van der Waals surface area contributed by atoms with Gasteiger partial charge in [-0.25, -0.2) is 0 Å². The van der Waals surface area contributed by atoms with Crippen LogP contribution < -0.4 is 5.32 Å². The predicted octanol–water partition coefficient (Wildman–Crippen LogP) is 5.95. The monoisotopic (exact) mass is 329 g/mol. The molecule has 0 bridgehead atoms. The quantitative estimate of drug-likeness (QED) is 0.619. The first kappa shape index (κ1) is 19.5. The molecule has 0 heterocycles. The predicted molar refractivity (Wildman–Crippen MR) is 104 cm³/mol. The van der Waals surface area contributed by atoms with Gasteiger partial charge in [-0.2, -0.15) is 0 Å². The molecule has 124 valence electrons. The second kappa shape index (κ2) is 11.0. The second-order valence-electron chi connectivity index (χ2n) is 5.35. The maximum absolute atomic E-state index is 5.91. The fraction of sp³-hybridized carbons (Fsp3) is 0.333. The van der Waals surface area contributed by atoms with Gasteiger partial charge >= 0.3 is 0 Å². The van der Waals surface area contributed by atoms with Crippen molar-refractivity contribution < 1.29 is 0 Å². The summed E-state index contributed by atoms with van der Waals surface area (Å²) in [4.78, 5) is 0. The highest BCUT2D eigenvalue weighted by molar-refractivity contribution is 6.30. The zero-order chi connectivity index (χ0) is 17.1. The van der Waals surface area contributed by atoms with Crippen LogP contribution in [-0.4, -0.2) is 13.1 Å². The molecular weight excluding hydrogens is 302 g/mol. The smallest absolute Gasteiger partial charge is 0.0406 e. The Kier molecular flexibility index (Phi) is 9.35. The van der Waals surface area contributed by atoms with Crippen molar-refractivity contribution in [3.05, 3.63) is 76.8 Å². The van der Waals surface area contributed by atoms with Gasteiger partial charge in [0.2, 0.25) is 0 Å². The van der Waals surface area contributed by atoms with E-state index >= 15 is 0 Å². The molecular formula is C21H28ClN. The molecule has 0 radical (unpaired) electrons. The van der Waals surface area contributed by atoms with Gasteiger partial charge in [-0.05, 0) is 47.7 Å². The zero-order valence-corrected chi connectivity index (χ0v) is 15.2. The molecule has 0 saturated carbocycles. The van der Waals surface area contributed by atoms with Gasteiger partial charge in [0.15, 0.2) is 0 Å². The van der Waals surface area contributed by atoms with Crippen molar-refractivity contribution in [3.8, 4) is 0 Å². The summed E-state index contributed by atoms with van der Waals surface area (Å²) in [5, 5.41) is 4.32. The average Bonchev–Trinajstić information content (AvgIpc) is 2.61. The summed E-state index contributed by atoms with van der Waals surface area (Å²) in [5.74, 6) is 0.491. The van der Waals surface area contributed by atoms with E-state index in [1.807, 2.05) is 32.1 Å². The van der Waals surface area contributed by atoms with Crippen LogP contribution >= 0.6 is 11.6 Å². The maximum atomic E-state index is 5.91. The Morgan fingerprint density at radius 3 is 2.22 bits per heavy atom. The van der Waals surface area contributed by atoms with E-state index < -0.39 is 0 Å². The molecule has 2 aromatic carbocycles. The SMILES string of the molecule is C=Cc1ccc(CCNCC(C)c2ccc(Cl)cc2)cc1.CC. The Balaban J connectivity index is 0.00000127. The molecule has 0 amide bonds. The summed E-state index contributed by atoms with van der Waals surface area (Å²) >= 11 is 5.91. The number of nitrogens with one attached hydrogen (secondary N) is 1. The van der Waals surface area contributed by atoms with Crippen LogP contribution in [0.5, 0.6) is 0 Å². The van der Waals surface area contributed by atoms with Crippen LogP contribution in [0.4, 0.5) is 0 Å². The Morgan fingerprint density at radius 1 is 1.04 bits per heavy atom. The van der Waals surface area contributed by atoms with Crippen LogP contribution in [0, 0.1) is 0 Å². The maximum Gasteiger partial charge on any atom is 0.0406 e. The molecule has 1 unspecified atom stereocenters. The zero-order valence-electron chi connectivity index (χ0n) is 14.5. The summed E-state index contributed by atoms with van der Waals surface area (Å²) in [5.41, 5.74) is 3.84. The van der Waals surface area contributed by atoms with Crippen LogP contribution in [0.3, 0.4) is 0 Å². The Morgan fingerprint density at radius 2 is 1.65 bits per heavy atom. The van der Waals surface area contributed by atoms with E-state index in [4.69, 9.17) is 11.6 Å². The van der Waals surface area contributed by atoms with Crippen molar-refractivity contribution in [3.63, 3.8) is 0 Å². The van der Waals surface area contributed by atoms with E-state index in [1.165, 1.54) is 16.7 Å². The Labute approximate surface area is 146 Å². The highest BCUT2D eigenvalue weighted by atomic mass is 35.5. The lowest BCUT2D eigenvalue weighted by atomic mass is 10.0. The minimum absolute atomic E-state index is 0.491. The van der Waals surface area contributed by atoms with Crippen molar-refractivity contribution in [1.82, 2.24) is 5.32 Å². The van der Waals surface area contributed by atoms with Gasteiger partial charge in [-0.3, -0.25) is 0 Å². The van der Waals surface area contributed by atoms with Crippen LogP contribution in [0.1, 0.15) is 43.4 Å². The number of hydrogen-bond acceptors (Lipinski definition) is 1. The van der Waals surface area contributed by atoms with Crippen LogP contribution in [0.15, 0.2) is 55.1 Å². The molecule has 2 aromatic rings. The van der Waals surface area contributed by atoms with Crippen molar-refractivity contribution in [2.75, 3.05) is 13.1 Å². The van der Waals surface area contributed by atoms with Gasteiger partial charge in [-0.15, -0.1) is 0 Å². The lowest BCUT2D eigenvalue weighted by Gasteiger charge is -2.13. The minimum atomic E-state index is 0.491. The van der Waals surface area contributed by atoms with Crippen molar-refractivity contribution in [2.24, 2.45) is 0 Å². The van der Waals surface area contributed by atoms with Gasteiger partial charge in [0.05, 0.1) is 0 Å². The molecule has 0 aliphatic carbocycles. The molecule has 0 fully saturated rings. The fourth-order valence-corrected chi connectivity index (χ4v) is 2.41. The number of rotatable bonds is 7. The van der Waals surface area contributed by atoms with Gasteiger partial charge in [-0.1, -0.05) is 81.4 Å². The van der Waals surface area contributed by atoms with E-state index in [-0.39, 0.29) is 0 Å². The molecule has 0 spiro atoms. The Bertz CT molecular complexity index is 557. The third-order valence-electron chi connectivity index (χ3n) is 3.70. The first-order valence-corrected chi connectivity index (χ1v) is 8.74. The molecule has 0 aliphatic heterocycles. The average molecular weight is 330 g/mol. The van der Waals surface area contributed by atoms with E-state index in [2.05, 4.69) is 55.2 Å². The number of hydrogen-bond donors (Lipinski definition) is 1. The van der Waals surface area contributed by atoms with E-state index in [9.17, 15) is 0 Å². The molecule has 0 aromatic heterocycles. The molecule has 2 heteroatoms. The van der Waals surface area contributed by atoms with Crippen LogP contribution in [0.25, 0.3) is 6.08 Å².